The number of hydrogen-bond acceptors (Lipinski definition) is 4. The van der Waals surface area contributed by atoms with Crippen LogP contribution in [0, 0.1) is 6.92 Å². The van der Waals surface area contributed by atoms with Crippen LogP contribution in [0.25, 0.3) is 0 Å². The molecule has 0 spiro atoms. The maximum Gasteiger partial charge on any atom is 0.257 e. The number of hydrogen-bond donors (Lipinski definition) is 2. The average Bonchev–Trinajstić information content (AvgIpc) is 2.95. The van der Waals surface area contributed by atoms with E-state index in [2.05, 4.69) is 10.3 Å². The topological polar surface area (TPSA) is 91.5 Å². The summed E-state index contributed by atoms with van der Waals surface area (Å²) in [7, 11) is 1.54. The van der Waals surface area contributed by atoms with Crippen LogP contribution in [0.5, 0.6) is 5.75 Å². The molecule has 0 saturated carbocycles. The van der Waals surface area contributed by atoms with Crippen molar-refractivity contribution >= 4 is 17.5 Å². The molecule has 1 unspecified atom stereocenters. The quantitative estimate of drug-likeness (QED) is 0.875. The predicted molar refractivity (Wildman–Crippen MR) is 93.0 cm³/mol. The molecule has 1 aromatic heterocycles. The molecule has 1 saturated heterocycles. The number of nitrogens with zero attached hydrogens (tertiary/aromatic N) is 1. The van der Waals surface area contributed by atoms with E-state index < -0.39 is 11.9 Å². The first-order valence-corrected chi connectivity index (χ1v) is 7.96. The number of benzene rings is 1. The lowest BCUT2D eigenvalue weighted by Crippen LogP contribution is -2.42. The normalized spacial score (nSPS) is 16.8. The van der Waals surface area contributed by atoms with Gasteiger partial charge in [0.25, 0.3) is 5.91 Å². The number of methoxy groups -OCH3 is 1. The lowest BCUT2D eigenvalue weighted by atomic mass is 10.2. The van der Waals surface area contributed by atoms with E-state index in [0.29, 0.717) is 30.1 Å². The van der Waals surface area contributed by atoms with E-state index in [-0.39, 0.29) is 16.9 Å². The fourth-order valence-corrected chi connectivity index (χ4v) is 2.89. The number of H-pyrrole nitrogens is 1. The Morgan fingerprint density at radius 3 is 2.80 bits per heavy atom. The highest BCUT2D eigenvalue weighted by molar-refractivity contribution is 6.04. The van der Waals surface area contributed by atoms with Gasteiger partial charge in [0, 0.05) is 24.5 Å². The second-order valence-corrected chi connectivity index (χ2v) is 5.87. The van der Waals surface area contributed by atoms with Gasteiger partial charge in [0.15, 0.2) is 5.43 Å². The van der Waals surface area contributed by atoms with Crippen LogP contribution in [0.4, 0.5) is 5.69 Å². The third kappa shape index (κ3) is 3.26. The zero-order valence-electron chi connectivity index (χ0n) is 14.0. The molecule has 2 heterocycles. The zero-order valence-corrected chi connectivity index (χ0v) is 14.0. The Labute approximate surface area is 144 Å². The van der Waals surface area contributed by atoms with E-state index in [1.165, 1.54) is 12.3 Å². The summed E-state index contributed by atoms with van der Waals surface area (Å²) >= 11 is 0. The van der Waals surface area contributed by atoms with Crippen molar-refractivity contribution < 1.29 is 14.3 Å². The lowest BCUT2D eigenvalue weighted by Gasteiger charge is -2.19. The van der Waals surface area contributed by atoms with E-state index in [9.17, 15) is 14.4 Å². The number of ether oxygens (including phenoxy) is 1. The Morgan fingerprint density at radius 1 is 1.32 bits per heavy atom. The van der Waals surface area contributed by atoms with E-state index in [0.717, 1.165) is 0 Å². The predicted octanol–water partition coefficient (Wildman–Crippen LogP) is 1.23. The molecule has 1 aliphatic heterocycles. The molecule has 1 atom stereocenters. The highest BCUT2D eigenvalue weighted by Gasteiger charge is 2.35. The first kappa shape index (κ1) is 16.8. The molecule has 0 radical (unpaired) electrons. The molecule has 7 heteroatoms. The number of rotatable bonds is 4. The summed E-state index contributed by atoms with van der Waals surface area (Å²) in [6.45, 7) is 2.20. The fraction of sp³-hybridized carbons (Fsp3) is 0.278. The van der Waals surface area contributed by atoms with Gasteiger partial charge in [-0.2, -0.15) is 0 Å². The van der Waals surface area contributed by atoms with Gasteiger partial charge in [-0.05, 0) is 25.5 Å². The van der Waals surface area contributed by atoms with Crippen molar-refractivity contribution in [1.29, 1.82) is 0 Å². The second kappa shape index (κ2) is 6.80. The van der Waals surface area contributed by atoms with Gasteiger partial charge in [-0.25, -0.2) is 0 Å². The standard InChI is InChI=1S/C18H19N3O4/c1-11-9-15(22)12(10-19-11)17(23)20-13-7-8-21(18(13)24)14-5-3-4-6-16(14)25-2/h3-6,9-10,13H,7-8H2,1-2H3,(H,19,22)(H,20,23). The lowest BCUT2D eigenvalue weighted by molar-refractivity contribution is -0.118. The number of carbonyl (C=O) groups excluding carboxylic acids is 2. The van der Waals surface area contributed by atoms with Gasteiger partial charge in [0.05, 0.1) is 12.8 Å². The van der Waals surface area contributed by atoms with Crippen LogP contribution >= 0.6 is 0 Å². The molecule has 1 fully saturated rings. The number of anilines is 1. The first-order valence-electron chi connectivity index (χ1n) is 7.96. The van der Waals surface area contributed by atoms with Gasteiger partial charge in [-0.15, -0.1) is 0 Å². The van der Waals surface area contributed by atoms with Crippen molar-refractivity contribution in [2.45, 2.75) is 19.4 Å². The Bertz CT molecular complexity index is 875. The van der Waals surface area contributed by atoms with Crippen LogP contribution in [0.2, 0.25) is 0 Å². The summed E-state index contributed by atoms with van der Waals surface area (Å²) in [6.07, 6.45) is 1.83. The van der Waals surface area contributed by atoms with Crippen LogP contribution in [0.3, 0.4) is 0 Å². The number of aryl methyl sites for hydroxylation is 1. The molecular formula is C18H19N3O4. The Morgan fingerprint density at radius 2 is 2.08 bits per heavy atom. The minimum Gasteiger partial charge on any atom is -0.495 e. The van der Waals surface area contributed by atoms with Crippen LogP contribution in [0.15, 0.2) is 41.3 Å². The van der Waals surface area contributed by atoms with Crippen molar-refractivity contribution in [3.63, 3.8) is 0 Å². The maximum atomic E-state index is 12.6. The van der Waals surface area contributed by atoms with Crippen LogP contribution in [0.1, 0.15) is 22.5 Å². The molecule has 2 amide bonds. The minimum atomic E-state index is -0.668. The molecule has 2 N–H and O–H groups in total. The summed E-state index contributed by atoms with van der Waals surface area (Å²) in [4.78, 5) is 41.3. The van der Waals surface area contributed by atoms with E-state index in [1.54, 1.807) is 31.1 Å². The van der Waals surface area contributed by atoms with E-state index >= 15 is 0 Å². The first-order chi connectivity index (χ1) is 12.0. The number of pyridine rings is 1. The summed E-state index contributed by atoms with van der Waals surface area (Å²) in [6, 6.07) is 7.91. The summed E-state index contributed by atoms with van der Waals surface area (Å²) in [5.74, 6) is -0.180. The number of amides is 2. The number of nitrogens with one attached hydrogen (secondary N) is 2. The molecule has 1 aromatic carbocycles. The van der Waals surface area contributed by atoms with Crippen LogP contribution < -0.4 is 20.4 Å². The van der Waals surface area contributed by atoms with Gasteiger partial charge >= 0.3 is 0 Å². The van der Waals surface area contributed by atoms with Gasteiger partial charge in [-0.1, -0.05) is 12.1 Å². The largest absolute Gasteiger partial charge is 0.495 e. The molecule has 130 valence electrons. The third-order valence-corrected chi connectivity index (χ3v) is 4.19. The van der Waals surface area contributed by atoms with Gasteiger partial charge in [0.1, 0.15) is 17.4 Å². The smallest absolute Gasteiger partial charge is 0.257 e. The number of aromatic nitrogens is 1. The van der Waals surface area contributed by atoms with Crippen LogP contribution in [-0.2, 0) is 4.79 Å². The molecule has 7 nitrogen and oxygen atoms in total. The Kier molecular flexibility index (Phi) is 4.56. The molecule has 0 bridgehead atoms. The average molecular weight is 341 g/mol. The minimum absolute atomic E-state index is 0.00542. The molecule has 1 aliphatic rings. The zero-order chi connectivity index (χ0) is 18.0. The summed E-state index contributed by atoms with van der Waals surface area (Å²) in [5, 5.41) is 2.65. The van der Waals surface area contributed by atoms with Crippen LogP contribution in [-0.4, -0.2) is 36.5 Å². The van der Waals surface area contributed by atoms with Gasteiger partial charge < -0.3 is 19.9 Å². The fourth-order valence-electron chi connectivity index (χ4n) is 2.89. The molecule has 3 rings (SSSR count). The van der Waals surface area contributed by atoms with Crippen molar-refractivity contribution in [3.8, 4) is 5.75 Å². The van der Waals surface area contributed by atoms with E-state index in [4.69, 9.17) is 4.74 Å². The molecule has 25 heavy (non-hydrogen) atoms. The maximum absolute atomic E-state index is 12.6. The molecular weight excluding hydrogens is 322 g/mol. The third-order valence-electron chi connectivity index (χ3n) is 4.19. The van der Waals surface area contributed by atoms with Gasteiger partial charge in [-0.3, -0.25) is 14.4 Å². The number of para-hydroxylation sites is 2. The van der Waals surface area contributed by atoms with Gasteiger partial charge in [0.2, 0.25) is 5.91 Å². The second-order valence-electron chi connectivity index (χ2n) is 5.87. The Hall–Kier alpha value is -3.09. The van der Waals surface area contributed by atoms with Crippen molar-refractivity contribution in [2.24, 2.45) is 0 Å². The monoisotopic (exact) mass is 341 g/mol. The number of aromatic amines is 1. The van der Waals surface area contributed by atoms with Crippen molar-refractivity contribution in [3.05, 3.63) is 58.0 Å². The SMILES string of the molecule is COc1ccccc1N1CCC(NC(=O)c2c[nH]c(C)cc2=O)C1=O. The molecule has 2 aromatic rings. The van der Waals surface area contributed by atoms with E-state index in [1.807, 2.05) is 12.1 Å². The summed E-state index contributed by atoms with van der Waals surface area (Å²) < 4.78 is 5.29. The molecule has 0 aliphatic carbocycles. The summed E-state index contributed by atoms with van der Waals surface area (Å²) in [5.41, 5.74) is 0.954. The Balaban J connectivity index is 1.76. The number of carbonyl (C=O) groups is 2. The highest BCUT2D eigenvalue weighted by Crippen LogP contribution is 2.31. The van der Waals surface area contributed by atoms with Crippen molar-refractivity contribution in [2.75, 3.05) is 18.6 Å². The van der Waals surface area contributed by atoms with Crippen molar-refractivity contribution in [1.82, 2.24) is 10.3 Å². The highest BCUT2D eigenvalue weighted by atomic mass is 16.5.